The van der Waals surface area contributed by atoms with E-state index in [-0.39, 0.29) is 24.3 Å². The van der Waals surface area contributed by atoms with Crippen LogP contribution >= 0.6 is 11.8 Å². The molecule has 0 aliphatic carbocycles. The topological polar surface area (TPSA) is 193 Å². The molecule has 0 aromatic heterocycles. The summed E-state index contributed by atoms with van der Waals surface area (Å²) in [5.74, 6) is -4.45. The van der Waals surface area contributed by atoms with Crippen LogP contribution in [0.3, 0.4) is 0 Å². The number of hydrogen-bond acceptors (Lipinski definition) is 7. The van der Waals surface area contributed by atoms with Crippen molar-refractivity contribution < 1.29 is 34.5 Å². The summed E-state index contributed by atoms with van der Waals surface area (Å²) in [4.78, 5) is 43.5. The van der Waals surface area contributed by atoms with E-state index < -0.39 is 41.9 Å². The highest BCUT2D eigenvalue weighted by Crippen LogP contribution is 2.06. The van der Waals surface area contributed by atoms with Gasteiger partial charge in [-0.2, -0.15) is 11.8 Å². The van der Waals surface area contributed by atoms with Crippen LogP contribution in [0.25, 0.3) is 0 Å². The van der Waals surface area contributed by atoms with E-state index in [2.05, 4.69) is 5.32 Å². The zero-order valence-corrected chi connectivity index (χ0v) is 12.4. The second-order valence-electron chi connectivity index (χ2n) is 4.42. The van der Waals surface area contributed by atoms with Crippen LogP contribution in [0.4, 0.5) is 0 Å². The molecule has 0 heterocycles. The fraction of sp³-hybridized carbons (Fsp3) is 0.636. The highest BCUT2D eigenvalue weighted by atomic mass is 32.2. The molecule has 0 aromatic carbocycles. The van der Waals surface area contributed by atoms with Crippen LogP contribution in [0.1, 0.15) is 12.8 Å². The highest BCUT2D eigenvalue weighted by molar-refractivity contribution is 7.99. The first-order valence-corrected chi connectivity index (χ1v) is 7.37. The van der Waals surface area contributed by atoms with Crippen LogP contribution in [0.2, 0.25) is 0 Å². The van der Waals surface area contributed by atoms with E-state index in [4.69, 9.17) is 26.8 Å². The van der Waals surface area contributed by atoms with Gasteiger partial charge in [0.15, 0.2) is 0 Å². The number of rotatable bonds is 11. The maximum atomic E-state index is 11.5. The molecule has 0 spiro atoms. The molecule has 0 saturated carbocycles. The molecular formula is C11H19N3O7S. The summed E-state index contributed by atoms with van der Waals surface area (Å²) in [5, 5.41) is 28.3. The molecule has 0 unspecified atom stereocenters. The SMILES string of the molecule is N[C@H](CCC(=O)N[C@H](CSC[C@H](N)C(=O)O)C(=O)O)C(=O)O. The van der Waals surface area contributed by atoms with Gasteiger partial charge in [-0.05, 0) is 6.42 Å². The number of carboxylic acid groups (broad SMARTS) is 3. The fourth-order valence-electron chi connectivity index (χ4n) is 1.24. The predicted molar refractivity (Wildman–Crippen MR) is 77.3 cm³/mol. The summed E-state index contributed by atoms with van der Waals surface area (Å²) in [5.41, 5.74) is 10.5. The molecule has 0 saturated heterocycles. The Morgan fingerprint density at radius 2 is 1.45 bits per heavy atom. The van der Waals surface area contributed by atoms with Gasteiger partial charge < -0.3 is 32.1 Å². The molecule has 11 heteroatoms. The minimum absolute atomic E-state index is 0.00112. The van der Waals surface area contributed by atoms with Crippen LogP contribution in [0, 0.1) is 0 Å². The number of nitrogens with two attached hydrogens (primary N) is 2. The van der Waals surface area contributed by atoms with Crippen LogP contribution in [0.5, 0.6) is 0 Å². The van der Waals surface area contributed by atoms with Crippen molar-refractivity contribution in [3.63, 3.8) is 0 Å². The third-order valence-electron chi connectivity index (χ3n) is 2.53. The van der Waals surface area contributed by atoms with Gasteiger partial charge in [0, 0.05) is 17.9 Å². The fourth-order valence-corrected chi connectivity index (χ4v) is 2.23. The van der Waals surface area contributed by atoms with Crippen LogP contribution in [-0.2, 0) is 19.2 Å². The lowest BCUT2D eigenvalue weighted by molar-refractivity contribution is -0.141. The lowest BCUT2D eigenvalue weighted by Gasteiger charge is -2.15. The minimum atomic E-state index is -1.28. The molecule has 0 radical (unpaired) electrons. The summed E-state index contributed by atoms with van der Waals surface area (Å²) in [6.07, 6.45) is -0.346. The van der Waals surface area contributed by atoms with Crippen molar-refractivity contribution in [3.05, 3.63) is 0 Å². The van der Waals surface area contributed by atoms with Crippen LogP contribution in [-0.4, -0.2) is 68.8 Å². The third kappa shape index (κ3) is 8.44. The second kappa shape index (κ2) is 9.97. The van der Waals surface area contributed by atoms with Crippen molar-refractivity contribution in [1.82, 2.24) is 5.32 Å². The normalized spacial score (nSPS) is 14.6. The molecule has 0 aliphatic rings. The largest absolute Gasteiger partial charge is 0.480 e. The second-order valence-corrected chi connectivity index (χ2v) is 5.50. The van der Waals surface area contributed by atoms with Crippen molar-refractivity contribution in [2.75, 3.05) is 11.5 Å². The average molecular weight is 337 g/mol. The van der Waals surface area contributed by atoms with Crippen LogP contribution < -0.4 is 16.8 Å². The lowest BCUT2D eigenvalue weighted by atomic mass is 10.1. The Balaban J connectivity index is 4.23. The Labute approximate surface area is 130 Å². The number of carbonyl (C=O) groups is 4. The number of carboxylic acids is 3. The quantitative estimate of drug-likeness (QED) is 0.243. The minimum Gasteiger partial charge on any atom is -0.480 e. The van der Waals surface area contributed by atoms with Gasteiger partial charge in [-0.3, -0.25) is 14.4 Å². The highest BCUT2D eigenvalue weighted by Gasteiger charge is 2.22. The molecular weight excluding hydrogens is 318 g/mol. The first kappa shape index (κ1) is 20.1. The van der Waals surface area contributed by atoms with E-state index in [1.165, 1.54) is 0 Å². The molecule has 0 rings (SSSR count). The molecule has 0 aliphatic heterocycles. The predicted octanol–water partition coefficient (Wildman–Crippen LogP) is -2.11. The van der Waals surface area contributed by atoms with Gasteiger partial charge in [0.25, 0.3) is 0 Å². The van der Waals surface area contributed by atoms with E-state index in [0.717, 1.165) is 11.8 Å². The zero-order chi connectivity index (χ0) is 17.3. The van der Waals surface area contributed by atoms with Gasteiger partial charge >= 0.3 is 17.9 Å². The Kier molecular flexibility index (Phi) is 9.13. The average Bonchev–Trinajstić information content (AvgIpc) is 2.42. The molecule has 22 heavy (non-hydrogen) atoms. The number of hydrogen-bond donors (Lipinski definition) is 6. The molecule has 1 amide bonds. The molecule has 0 bridgehead atoms. The van der Waals surface area contributed by atoms with Crippen molar-refractivity contribution in [1.29, 1.82) is 0 Å². The van der Waals surface area contributed by atoms with E-state index >= 15 is 0 Å². The summed E-state index contributed by atoms with van der Waals surface area (Å²) in [7, 11) is 0. The Morgan fingerprint density at radius 3 is 1.91 bits per heavy atom. The van der Waals surface area contributed by atoms with Gasteiger partial charge in [-0.1, -0.05) is 0 Å². The van der Waals surface area contributed by atoms with Crippen LogP contribution in [0.15, 0.2) is 0 Å². The summed E-state index contributed by atoms with van der Waals surface area (Å²) >= 11 is 0.977. The molecule has 0 aromatic rings. The Hall–Kier alpha value is -1.85. The summed E-state index contributed by atoms with van der Waals surface area (Å²) in [6, 6.07) is -3.54. The van der Waals surface area contributed by atoms with Gasteiger partial charge in [0.1, 0.15) is 18.1 Å². The Morgan fingerprint density at radius 1 is 0.909 bits per heavy atom. The summed E-state index contributed by atoms with van der Waals surface area (Å²) < 4.78 is 0. The molecule has 10 nitrogen and oxygen atoms in total. The maximum absolute atomic E-state index is 11.5. The Bertz CT molecular complexity index is 432. The van der Waals surface area contributed by atoms with Crippen molar-refractivity contribution in [2.45, 2.75) is 31.0 Å². The zero-order valence-electron chi connectivity index (χ0n) is 11.6. The number of aliphatic carboxylic acids is 3. The van der Waals surface area contributed by atoms with Gasteiger partial charge in [-0.25, -0.2) is 4.79 Å². The number of amides is 1. The molecule has 8 N–H and O–H groups in total. The maximum Gasteiger partial charge on any atom is 0.327 e. The monoisotopic (exact) mass is 337 g/mol. The third-order valence-corrected chi connectivity index (χ3v) is 3.70. The number of nitrogens with one attached hydrogen (secondary N) is 1. The van der Waals surface area contributed by atoms with E-state index in [0.29, 0.717) is 0 Å². The van der Waals surface area contributed by atoms with Gasteiger partial charge in [-0.15, -0.1) is 0 Å². The standard InChI is InChI=1S/C11H19N3O7S/c12-5(9(16)17)1-2-8(15)14-7(11(20)21)4-22-3-6(13)10(18)19/h5-7H,1-4,12-13H2,(H,14,15)(H,16,17)(H,18,19)(H,20,21)/t5-,6+,7-/m1/s1. The van der Waals surface area contributed by atoms with Crippen molar-refractivity contribution in [3.8, 4) is 0 Å². The lowest BCUT2D eigenvalue weighted by Crippen LogP contribution is -2.44. The van der Waals surface area contributed by atoms with E-state index in [1.807, 2.05) is 0 Å². The smallest absolute Gasteiger partial charge is 0.327 e. The molecule has 0 fully saturated rings. The first-order valence-electron chi connectivity index (χ1n) is 6.21. The molecule has 3 atom stereocenters. The van der Waals surface area contributed by atoms with E-state index in [1.54, 1.807) is 0 Å². The number of thioether (sulfide) groups is 1. The summed E-state index contributed by atoms with van der Waals surface area (Å²) in [6.45, 7) is 0. The first-order chi connectivity index (χ1) is 10.1. The van der Waals surface area contributed by atoms with E-state index in [9.17, 15) is 19.2 Å². The molecule has 126 valence electrons. The van der Waals surface area contributed by atoms with Crippen molar-refractivity contribution in [2.24, 2.45) is 11.5 Å². The number of carbonyl (C=O) groups excluding carboxylic acids is 1. The van der Waals surface area contributed by atoms with Gasteiger partial charge in [0.05, 0.1) is 0 Å². The van der Waals surface area contributed by atoms with Gasteiger partial charge in [0.2, 0.25) is 5.91 Å². The van der Waals surface area contributed by atoms with Crippen molar-refractivity contribution >= 4 is 35.6 Å².